The number of aliphatic hydroxyl groups is 1. The van der Waals surface area contributed by atoms with Crippen LogP contribution in [0.25, 0.3) is 0 Å². The molecule has 1 aromatic rings. The first-order valence-electron chi connectivity index (χ1n) is 8.03. The normalized spacial score (nSPS) is 21.2. The summed E-state index contributed by atoms with van der Waals surface area (Å²) in [5.41, 5.74) is 0.585. The minimum atomic E-state index is -0.00297. The Morgan fingerprint density at radius 3 is 2.68 bits per heavy atom. The largest absolute Gasteiger partial charge is 0.394 e. The van der Waals surface area contributed by atoms with Gasteiger partial charge in [0.2, 0.25) is 0 Å². The molecule has 0 spiro atoms. The van der Waals surface area contributed by atoms with Gasteiger partial charge in [0.1, 0.15) is 5.69 Å². The molecule has 0 radical (unpaired) electrons. The Labute approximate surface area is 135 Å². The van der Waals surface area contributed by atoms with Crippen molar-refractivity contribution in [2.45, 2.75) is 25.4 Å². The van der Waals surface area contributed by atoms with Crippen molar-refractivity contribution in [1.29, 1.82) is 0 Å². The summed E-state index contributed by atoms with van der Waals surface area (Å²) < 4.78 is 1.59. The molecule has 0 saturated carbocycles. The minimum absolute atomic E-state index is 0.00297. The summed E-state index contributed by atoms with van der Waals surface area (Å²) >= 11 is 2.04. The van der Waals surface area contributed by atoms with Gasteiger partial charge >= 0.3 is 0 Å². The molecule has 6 nitrogen and oxygen atoms in total. The standard InChI is InChI=1S/C15H24N4O2S/c20-10-7-19-14(1-4-16-19)15(21)18-5-2-13(3-6-18)17-8-11-22-12-9-17/h1,4,13,20H,2-3,5-12H2. The second-order valence-corrected chi connectivity index (χ2v) is 7.06. The third-order valence-electron chi connectivity index (χ3n) is 4.56. The van der Waals surface area contributed by atoms with Gasteiger partial charge in [0.25, 0.3) is 5.91 Å². The van der Waals surface area contributed by atoms with E-state index in [9.17, 15) is 4.79 Å². The number of thioether (sulfide) groups is 1. The van der Waals surface area contributed by atoms with E-state index >= 15 is 0 Å². The summed E-state index contributed by atoms with van der Waals surface area (Å²) in [6.45, 7) is 4.38. The number of likely N-dealkylation sites (tertiary alicyclic amines) is 1. The first-order valence-corrected chi connectivity index (χ1v) is 9.19. The molecule has 2 saturated heterocycles. The summed E-state index contributed by atoms with van der Waals surface area (Å²) in [5, 5.41) is 13.1. The van der Waals surface area contributed by atoms with Crippen LogP contribution in [0.4, 0.5) is 0 Å². The van der Waals surface area contributed by atoms with Crippen LogP contribution in [0.5, 0.6) is 0 Å². The number of carbonyl (C=O) groups is 1. The van der Waals surface area contributed by atoms with Gasteiger partial charge in [-0.1, -0.05) is 0 Å². The summed E-state index contributed by atoms with van der Waals surface area (Å²) in [6.07, 6.45) is 3.75. The van der Waals surface area contributed by atoms with E-state index in [1.54, 1.807) is 16.9 Å². The van der Waals surface area contributed by atoms with E-state index in [2.05, 4.69) is 10.00 Å². The van der Waals surface area contributed by atoms with Crippen molar-refractivity contribution in [3.8, 4) is 0 Å². The van der Waals surface area contributed by atoms with Crippen LogP contribution in [0.15, 0.2) is 12.3 Å². The molecule has 7 heteroatoms. The predicted octanol–water partition coefficient (Wildman–Crippen LogP) is 0.529. The maximum absolute atomic E-state index is 12.6. The van der Waals surface area contributed by atoms with E-state index in [1.165, 1.54) is 24.6 Å². The van der Waals surface area contributed by atoms with Crippen LogP contribution in [0.3, 0.4) is 0 Å². The van der Waals surface area contributed by atoms with Crippen molar-refractivity contribution in [2.75, 3.05) is 44.3 Å². The lowest BCUT2D eigenvalue weighted by Gasteiger charge is -2.40. The summed E-state index contributed by atoms with van der Waals surface area (Å²) in [5.74, 6) is 2.51. The monoisotopic (exact) mass is 324 g/mol. The van der Waals surface area contributed by atoms with Crippen LogP contribution in [0.2, 0.25) is 0 Å². The van der Waals surface area contributed by atoms with Gasteiger partial charge in [0.15, 0.2) is 0 Å². The molecule has 1 aromatic heterocycles. The van der Waals surface area contributed by atoms with Crippen molar-refractivity contribution in [1.82, 2.24) is 19.6 Å². The molecular weight excluding hydrogens is 300 g/mol. The average Bonchev–Trinajstić information content (AvgIpc) is 3.04. The summed E-state index contributed by atoms with van der Waals surface area (Å²) in [7, 11) is 0. The molecule has 0 atom stereocenters. The van der Waals surface area contributed by atoms with Crippen molar-refractivity contribution in [3.05, 3.63) is 18.0 Å². The molecule has 1 amide bonds. The molecule has 3 heterocycles. The van der Waals surface area contributed by atoms with E-state index in [0.717, 1.165) is 25.9 Å². The van der Waals surface area contributed by atoms with Gasteiger partial charge in [-0.3, -0.25) is 14.4 Å². The number of aromatic nitrogens is 2. The second kappa shape index (κ2) is 7.48. The highest BCUT2D eigenvalue weighted by atomic mass is 32.2. The molecule has 0 aliphatic carbocycles. The Hall–Kier alpha value is -1.05. The number of rotatable bonds is 4. The predicted molar refractivity (Wildman–Crippen MR) is 87.1 cm³/mol. The SMILES string of the molecule is O=C(c1ccnn1CCO)N1CCC(N2CCSCC2)CC1. The van der Waals surface area contributed by atoms with E-state index in [-0.39, 0.29) is 12.5 Å². The fraction of sp³-hybridized carbons (Fsp3) is 0.733. The maximum Gasteiger partial charge on any atom is 0.272 e. The van der Waals surface area contributed by atoms with Crippen LogP contribution >= 0.6 is 11.8 Å². The van der Waals surface area contributed by atoms with Crippen LogP contribution in [-0.4, -0.2) is 80.9 Å². The van der Waals surface area contributed by atoms with Crippen LogP contribution < -0.4 is 0 Å². The van der Waals surface area contributed by atoms with E-state index in [0.29, 0.717) is 18.3 Å². The van der Waals surface area contributed by atoms with Gasteiger partial charge in [-0.15, -0.1) is 0 Å². The van der Waals surface area contributed by atoms with Crippen molar-refractivity contribution < 1.29 is 9.90 Å². The lowest BCUT2D eigenvalue weighted by molar-refractivity contribution is 0.0617. The first kappa shape index (κ1) is 15.8. The number of carbonyl (C=O) groups excluding carboxylic acids is 1. The molecule has 0 bridgehead atoms. The highest BCUT2D eigenvalue weighted by molar-refractivity contribution is 7.99. The number of hydrogen-bond acceptors (Lipinski definition) is 5. The fourth-order valence-electron chi connectivity index (χ4n) is 3.33. The van der Waals surface area contributed by atoms with E-state index in [4.69, 9.17) is 5.11 Å². The Morgan fingerprint density at radius 1 is 1.27 bits per heavy atom. The topological polar surface area (TPSA) is 61.6 Å². The lowest BCUT2D eigenvalue weighted by Crippen LogP contribution is -2.49. The fourth-order valence-corrected chi connectivity index (χ4v) is 4.26. The van der Waals surface area contributed by atoms with E-state index < -0.39 is 0 Å². The van der Waals surface area contributed by atoms with Crippen molar-refractivity contribution >= 4 is 17.7 Å². The Morgan fingerprint density at radius 2 is 2.00 bits per heavy atom. The second-order valence-electron chi connectivity index (χ2n) is 5.83. The molecule has 22 heavy (non-hydrogen) atoms. The van der Waals surface area contributed by atoms with Gasteiger partial charge in [-0.25, -0.2) is 0 Å². The molecule has 2 fully saturated rings. The third kappa shape index (κ3) is 3.47. The number of aliphatic hydroxyl groups excluding tert-OH is 1. The van der Waals surface area contributed by atoms with Crippen molar-refractivity contribution in [3.63, 3.8) is 0 Å². The summed E-state index contributed by atoms with van der Waals surface area (Å²) in [4.78, 5) is 17.1. The van der Waals surface area contributed by atoms with Crippen LogP contribution in [0.1, 0.15) is 23.3 Å². The first-order chi connectivity index (χ1) is 10.8. The van der Waals surface area contributed by atoms with Gasteiger partial charge in [0.05, 0.1) is 13.2 Å². The highest BCUT2D eigenvalue weighted by Crippen LogP contribution is 2.21. The molecule has 122 valence electrons. The Kier molecular flexibility index (Phi) is 5.38. The van der Waals surface area contributed by atoms with Crippen LogP contribution in [-0.2, 0) is 6.54 Å². The number of amides is 1. The number of nitrogens with zero attached hydrogens (tertiary/aromatic N) is 4. The smallest absolute Gasteiger partial charge is 0.272 e. The minimum Gasteiger partial charge on any atom is -0.394 e. The van der Waals surface area contributed by atoms with Gasteiger partial charge in [-0.2, -0.15) is 16.9 Å². The summed E-state index contributed by atoms with van der Waals surface area (Å²) in [6, 6.07) is 2.37. The van der Waals surface area contributed by atoms with Crippen molar-refractivity contribution in [2.24, 2.45) is 0 Å². The average molecular weight is 324 g/mol. The quantitative estimate of drug-likeness (QED) is 0.875. The number of piperidine rings is 1. The molecule has 0 aromatic carbocycles. The Balaban J connectivity index is 1.56. The molecule has 0 unspecified atom stereocenters. The van der Waals surface area contributed by atoms with Gasteiger partial charge in [-0.05, 0) is 18.9 Å². The maximum atomic E-state index is 12.6. The molecule has 2 aliphatic rings. The molecule has 1 N–H and O–H groups in total. The Bertz CT molecular complexity index is 493. The van der Waals surface area contributed by atoms with Crippen LogP contribution in [0, 0.1) is 0 Å². The third-order valence-corrected chi connectivity index (χ3v) is 5.50. The zero-order chi connectivity index (χ0) is 15.4. The molecule has 2 aliphatic heterocycles. The zero-order valence-electron chi connectivity index (χ0n) is 12.9. The zero-order valence-corrected chi connectivity index (χ0v) is 13.7. The van der Waals surface area contributed by atoms with Gasteiger partial charge < -0.3 is 10.0 Å². The number of hydrogen-bond donors (Lipinski definition) is 1. The highest BCUT2D eigenvalue weighted by Gasteiger charge is 2.29. The molecular formula is C15H24N4O2S. The lowest BCUT2D eigenvalue weighted by atomic mass is 10.0. The molecule has 3 rings (SSSR count). The van der Waals surface area contributed by atoms with E-state index in [1.807, 2.05) is 16.7 Å². The van der Waals surface area contributed by atoms with Gasteiger partial charge in [0, 0.05) is 49.9 Å².